The van der Waals surface area contributed by atoms with Gasteiger partial charge in [0.15, 0.2) is 0 Å². The lowest BCUT2D eigenvalue weighted by atomic mass is 10.2. The normalized spacial score (nSPS) is 12.8. The van der Waals surface area contributed by atoms with Crippen molar-refractivity contribution in [2.45, 2.75) is 19.1 Å². The third-order valence-corrected chi connectivity index (χ3v) is 2.95. The highest BCUT2D eigenvalue weighted by Crippen LogP contribution is 2.29. The van der Waals surface area contributed by atoms with Crippen LogP contribution in [0.15, 0.2) is 36.5 Å². The van der Waals surface area contributed by atoms with Crippen LogP contribution in [0, 0.1) is 0 Å². The predicted molar refractivity (Wildman–Crippen MR) is 76.4 cm³/mol. The van der Waals surface area contributed by atoms with E-state index in [-0.39, 0.29) is 5.91 Å². The number of aromatic nitrogens is 2. The molecule has 5 nitrogen and oxygen atoms in total. The number of hydrogen-bond acceptors (Lipinski definition) is 3. The topological polar surface area (TPSA) is 59.0 Å². The first-order valence-corrected chi connectivity index (χ1v) is 6.50. The van der Waals surface area contributed by atoms with Crippen LogP contribution in [0.2, 0.25) is 0 Å². The molecule has 0 bridgehead atoms. The number of benzene rings is 1. The number of carbonyl (C=O) groups is 1. The van der Waals surface area contributed by atoms with Crippen LogP contribution in [-0.4, -0.2) is 21.7 Å². The summed E-state index contributed by atoms with van der Waals surface area (Å²) >= 11 is 0. The summed E-state index contributed by atoms with van der Waals surface area (Å²) < 4.78 is 38.9. The van der Waals surface area contributed by atoms with Gasteiger partial charge < -0.3 is 10.6 Å². The number of rotatable bonds is 4. The largest absolute Gasteiger partial charge is 0.416 e. The molecule has 0 aliphatic rings. The highest BCUT2D eigenvalue weighted by molar-refractivity contribution is 5.96. The number of nitrogens with zero attached hydrogens (tertiary/aromatic N) is 2. The lowest BCUT2D eigenvalue weighted by Gasteiger charge is -2.14. The summed E-state index contributed by atoms with van der Waals surface area (Å²) in [6, 6.07) is 5.40. The van der Waals surface area contributed by atoms with Crippen molar-refractivity contribution in [1.82, 2.24) is 9.78 Å². The number of alkyl halides is 3. The van der Waals surface area contributed by atoms with Crippen molar-refractivity contribution < 1.29 is 18.0 Å². The Morgan fingerprint density at radius 3 is 2.36 bits per heavy atom. The van der Waals surface area contributed by atoms with E-state index in [4.69, 9.17) is 0 Å². The Morgan fingerprint density at radius 1 is 1.23 bits per heavy atom. The fourth-order valence-corrected chi connectivity index (χ4v) is 1.77. The standard InChI is InChI=1S/C14H15F3N4O/c1-9(18-12-7-8-21(2)20-12)13(22)19-11-5-3-10(4-6-11)14(15,16)17/h3-9H,1-2H3,(H,18,20)(H,19,22). The summed E-state index contributed by atoms with van der Waals surface area (Å²) in [6.07, 6.45) is -2.67. The highest BCUT2D eigenvalue weighted by Gasteiger charge is 2.30. The van der Waals surface area contributed by atoms with Gasteiger partial charge in [-0.25, -0.2) is 0 Å². The Labute approximate surface area is 125 Å². The van der Waals surface area contributed by atoms with E-state index in [2.05, 4.69) is 15.7 Å². The molecule has 1 atom stereocenters. The second-order valence-corrected chi connectivity index (χ2v) is 4.81. The van der Waals surface area contributed by atoms with Crippen LogP contribution in [0.4, 0.5) is 24.7 Å². The third kappa shape index (κ3) is 4.00. The quantitative estimate of drug-likeness (QED) is 0.912. The summed E-state index contributed by atoms with van der Waals surface area (Å²) in [5, 5.41) is 9.52. The van der Waals surface area contributed by atoms with Crippen LogP contribution in [0.1, 0.15) is 12.5 Å². The lowest BCUT2D eigenvalue weighted by molar-refractivity contribution is -0.137. The van der Waals surface area contributed by atoms with E-state index in [1.807, 2.05) is 0 Å². The molecule has 118 valence electrons. The van der Waals surface area contributed by atoms with Gasteiger partial charge in [-0.05, 0) is 31.2 Å². The molecule has 0 spiro atoms. The van der Waals surface area contributed by atoms with E-state index >= 15 is 0 Å². The van der Waals surface area contributed by atoms with E-state index in [9.17, 15) is 18.0 Å². The molecule has 0 saturated heterocycles. The van der Waals surface area contributed by atoms with Gasteiger partial charge in [-0.2, -0.15) is 18.3 Å². The SMILES string of the molecule is CC(Nc1ccn(C)n1)C(=O)Nc1ccc(C(F)(F)F)cc1. The molecule has 8 heteroatoms. The summed E-state index contributed by atoms with van der Waals surface area (Å²) in [5.41, 5.74) is -0.460. The second kappa shape index (κ2) is 6.08. The van der Waals surface area contributed by atoms with Crippen LogP contribution < -0.4 is 10.6 Å². The molecule has 1 unspecified atom stereocenters. The molecule has 0 fully saturated rings. The molecule has 22 heavy (non-hydrogen) atoms. The van der Waals surface area contributed by atoms with Crippen LogP contribution in [0.5, 0.6) is 0 Å². The van der Waals surface area contributed by atoms with Gasteiger partial charge >= 0.3 is 6.18 Å². The van der Waals surface area contributed by atoms with Gasteiger partial charge in [0, 0.05) is 25.0 Å². The molecule has 1 aromatic carbocycles. The molecule has 0 aliphatic heterocycles. The fourth-order valence-electron chi connectivity index (χ4n) is 1.77. The van der Waals surface area contributed by atoms with Crippen LogP contribution in [0.25, 0.3) is 0 Å². The lowest BCUT2D eigenvalue weighted by Crippen LogP contribution is -2.32. The van der Waals surface area contributed by atoms with E-state index in [1.54, 1.807) is 30.9 Å². The Morgan fingerprint density at radius 2 is 1.86 bits per heavy atom. The van der Waals surface area contributed by atoms with Gasteiger partial charge in [0.05, 0.1) is 5.56 Å². The Bertz CT molecular complexity index is 649. The maximum absolute atomic E-state index is 12.4. The van der Waals surface area contributed by atoms with Crippen LogP contribution >= 0.6 is 0 Å². The molecule has 0 saturated carbocycles. The average molecular weight is 312 g/mol. The van der Waals surface area contributed by atoms with Gasteiger partial charge in [-0.3, -0.25) is 9.48 Å². The smallest absolute Gasteiger partial charge is 0.357 e. The highest BCUT2D eigenvalue weighted by atomic mass is 19.4. The van der Waals surface area contributed by atoms with E-state index in [0.717, 1.165) is 12.1 Å². The first-order valence-electron chi connectivity index (χ1n) is 6.50. The molecule has 2 aromatic rings. The summed E-state index contributed by atoms with van der Waals surface area (Å²) in [4.78, 5) is 12.0. The van der Waals surface area contributed by atoms with Crippen LogP contribution in [0.3, 0.4) is 0 Å². The van der Waals surface area contributed by atoms with Crippen molar-refractivity contribution in [2.24, 2.45) is 7.05 Å². The van der Waals surface area contributed by atoms with Gasteiger partial charge in [0.2, 0.25) is 5.91 Å². The Hall–Kier alpha value is -2.51. The van der Waals surface area contributed by atoms with Crippen molar-refractivity contribution in [3.8, 4) is 0 Å². The maximum Gasteiger partial charge on any atom is 0.416 e. The molecule has 1 aromatic heterocycles. The van der Waals surface area contributed by atoms with Crippen molar-refractivity contribution >= 4 is 17.4 Å². The first kappa shape index (κ1) is 15.9. The Kier molecular flexibility index (Phi) is 4.39. The number of amides is 1. The minimum Gasteiger partial charge on any atom is -0.357 e. The van der Waals surface area contributed by atoms with Crippen LogP contribution in [-0.2, 0) is 18.0 Å². The number of aryl methyl sites for hydroxylation is 1. The molecule has 2 rings (SSSR count). The van der Waals surface area contributed by atoms with Gasteiger partial charge in [-0.15, -0.1) is 0 Å². The summed E-state index contributed by atoms with van der Waals surface area (Å²) in [7, 11) is 1.75. The molecular weight excluding hydrogens is 297 g/mol. The number of halogens is 3. The van der Waals surface area contributed by atoms with Gasteiger partial charge in [0.1, 0.15) is 11.9 Å². The third-order valence-electron chi connectivity index (χ3n) is 2.95. The second-order valence-electron chi connectivity index (χ2n) is 4.81. The average Bonchev–Trinajstić information content (AvgIpc) is 2.83. The summed E-state index contributed by atoms with van der Waals surface area (Å²) in [6.45, 7) is 1.63. The molecule has 2 N–H and O–H groups in total. The first-order chi connectivity index (χ1) is 10.3. The van der Waals surface area contributed by atoms with E-state index in [1.165, 1.54) is 12.1 Å². The van der Waals surface area contributed by atoms with E-state index in [0.29, 0.717) is 11.5 Å². The molecule has 0 radical (unpaired) electrons. The number of nitrogens with one attached hydrogen (secondary N) is 2. The number of anilines is 2. The maximum atomic E-state index is 12.4. The molecule has 0 aliphatic carbocycles. The van der Waals surface area contributed by atoms with Gasteiger partial charge in [0.25, 0.3) is 0 Å². The number of hydrogen-bond donors (Lipinski definition) is 2. The zero-order chi connectivity index (χ0) is 16.3. The van der Waals surface area contributed by atoms with Crippen molar-refractivity contribution in [3.05, 3.63) is 42.1 Å². The van der Waals surface area contributed by atoms with Crippen molar-refractivity contribution in [1.29, 1.82) is 0 Å². The fraction of sp³-hybridized carbons (Fsp3) is 0.286. The zero-order valence-corrected chi connectivity index (χ0v) is 12.0. The number of carbonyl (C=O) groups excluding carboxylic acids is 1. The van der Waals surface area contributed by atoms with Crippen molar-refractivity contribution in [3.63, 3.8) is 0 Å². The van der Waals surface area contributed by atoms with Gasteiger partial charge in [-0.1, -0.05) is 0 Å². The minimum atomic E-state index is -4.39. The molecular formula is C14H15F3N4O. The Balaban J connectivity index is 1.96. The summed E-state index contributed by atoms with van der Waals surface area (Å²) in [5.74, 6) is 0.169. The van der Waals surface area contributed by atoms with Crippen molar-refractivity contribution in [2.75, 3.05) is 10.6 Å². The molecule has 1 heterocycles. The predicted octanol–water partition coefficient (Wildman–Crippen LogP) is 2.88. The monoisotopic (exact) mass is 312 g/mol. The minimum absolute atomic E-state index is 0.299. The molecule has 1 amide bonds. The van der Waals surface area contributed by atoms with E-state index < -0.39 is 17.8 Å². The zero-order valence-electron chi connectivity index (χ0n) is 12.0.